The Balaban J connectivity index is 3.87. The van der Waals surface area contributed by atoms with Crippen molar-refractivity contribution in [2.45, 2.75) is 100 Å². The van der Waals surface area contributed by atoms with E-state index in [9.17, 15) is 0 Å². The molecule has 0 saturated carbocycles. The summed E-state index contributed by atoms with van der Waals surface area (Å²) in [5.74, 6) is 1.85. The summed E-state index contributed by atoms with van der Waals surface area (Å²) in [6.45, 7) is 19.0. The van der Waals surface area contributed by atoms with Gasteiger partial charge in [0, 0.05) is 0 Å². The molecule has 0 amide bonds. The molecular formula is C19H40. The van der Waals surface area contributed by atoms with Crippen LogP contribution in [0.5, 0.6) is 0 Å². The second-order valence-electron chi connectivity index (χ2n) is 9.17. The minimum absolute atomic E-state index is 0.493. The number of hydrogen-bond donors (Lipinski definition) is 0. The van der Waals surface area contributed by atoms with Crippen molar-refractivity contribution >= 4 is 0 Å². The van der Waals surface area contributed by atoms with Crippen LogP contribution in [0, 0.1) is 22.7 Å². The normalized spacial score (nSPS) is 16.4. The Hall–Kier alpha value is 0. The second kappa shape index (κ2) is 8.32. The number of hydrogen-bond acceptors (Lipinski definition) is 0. The summed E-state index contributed by atoms with van der Waals surface area (Å²) >= 11 is 0. The van der Waals surface area contributed by atoms with E-state index in [-0.39, 0.29) is 0 Å². The summed E-state index contributed by atoms with van der Waals surface area (Å²) in [7, 11) is 0. The second-order valence-corrected chi connectivity index (χ2v) is 9.17. The van der Waals surface area contributed by atoms with Crippen molar-refractivity contribution in [3.63, 3.8) is 0 Å². The molecule has 0 heteroatoms. The topological polar surface area (TPSA) is 0 Å². The molecule has 0 aromatic heterocycles. The molecule has 0 heterocycles. The van der Waals surface area contributed by atoms with E-state index in [4.69, 9.17) is 0 Å². The summed E-state index contributed by atoms with van der Waals surface area (Å²) in [6, 6.07) is 0. The molecule has 2 unspecified atom stereocenters. The summed E-state index contributed by atoms with van der Waals surface area (Å²) in [4.78, 5) is 0. The van der Waals surface area contributed by atoms with E-state index in [1.165, 1.54) is 44.9 Å². The Labute approximate surface area is 123 Å². The summed E-state index contributed by atoms with van der Waals surface area (Å²) in [6.07, 6.45) is 9.83. The molecule has 0 bridgehead atoms. The lowest BCUT2D eigenvalue weighted by Gasteiger charge is -2.25. The lowest BCUT2D eigenvalue weighted by atomic mass is 9.81. The quantitative estimate of drug-likeness (QED) is 0.441. The van der Waals surface area contributed by atoms with Crippen LogP contribution in [-0.2, 0) is 0 Å². The highest BCUT2D eigenvalue weighted by Crippen LogP contribution is 2.30. The SMILES string of the molecule is CCC(CCCC(C)(C)C)CCC(C)CC(C)(C)C. The van der Waals surface area contributed by atoms with Crippen molar-refractivity contribution in [2.75, 3.05) is 0 Å². The largest absolute Gasteiger partial charge is 0.0651 e. The molecule has 0 aliphatic carbocycles. The van der Waals surface area contributed by atoms with E-state index < -0.39 is 0 Å². The van der Waals surface area contributed by atoms with Gasteiger partial charge in [-0.3, -0.25) is 0 Å². The predicted octanol–water partition coefficient (Wildman–Crippen LogP) is 7.08. The van der Waals surface area contributed by atoms with E-state index >= 15 is 0 Å². The third-order valence-corrected chi connectivity index (χ3v) is 4.15. The molecule has 19 heavy (non-hydrogen) atoms. The van der Waals surface area contributed by atoms with Crippen molar-refractivity contribution in [2.24, 2.45) is 22.7 Å². The maximum Gasteiger partial charge on any atom is -0.0380 e. The van der Waals surface area contributed by atoms with Crippen molar-refractivity contribution in [3.05, 3.63) is 0 Å². The van der Waals surface area contributed by atoms with Gasteiger partial charge >= 0.3 is 0 Å². The summed E-state index contributed by atoms with van der Waals surface area (Å²) < 4.78 is 0. The third-order valence-electron chi connectivity index (χ3n) is 4.15. The molecule has 0 aliphatic heterocycles. The predicted molar refractivity (Wildman–Crippen MR) is 89.6 cm³/mol. The Morgan fingerprint density at radius 3 is 1.79 bits per heavy atom. The van der Waals surface area contributed by atoms with Gasteiger partial charge in [-0.15, -0.1) is 0 Å². The van der Waals surface area contributed by atoms with Crippen LogP contribution >= 0.6 is 0 Å². The van der Waals surface area contributed by atoms with Gasteiger partial charge in [0.25, 0.3) is 0 Å². The fraction of sp³-hybridized carbons (Fsp3) is 1.00. The molecule has 0 rings (SSSR count). The van der Waals surface area contributed by atoms with Gasteiger partial charge < -0.3 is 0 Å². The maximum absolute atomic E-state index is 2.44. The van der Waals surface area contributed by atoms with Crippen LogP contribution in [0.3, 0.4) is 0 Å². The molecule has 0 spiro atoms. The van der Waals surface area contributed by atoms with Gasteiger partial charge in [-0.2, -0.15) is 0 Å². The standard InChI is InChI=1S/C19H40/c1-9-17(11-10-14-18(3,4)5)13-12-16(2)15-19(6,7)8/h16-17H,9-15H2,1-8H3. The lowest BCUT2D eigenvalue weighted by Crippen LogP contribution is -2.12. The molecule has 0 fully saturated rings. The van der Waals surface area contributed by atoms with Crippen molar-refractivity contribution in [1.82, 2.24) is 0 Å². The van der Waals surface area contributed by atoms with Crippen LogP contribution in [0.4, 0.5) is 0 Å². The monoisotopic (exact) mass is 268 g/mol. The lowest BCUT2D eigenvalue weighted by molar-refractivity contribution is 0.269. The highest BCUT2D eigenvalue weighted by atomic mass is 14.2. The van der Waals surface area contributed by atoms with Gasteiger partial charge in [-0.1, -0.05) is 87.5 Å². The van der Waals surface area contributed by atoms with Crippen LogP contribution in [0.15, 0.2) is 0 Å². The Morgan fingerprint density at radius 2 is 1.37 bits per heavy atom. The Morgan fingerprint density at radius 1 is 0.789 bits per heavy atom. The van der Waals surface area contributed by atoms with E-state index in [1.807, 2.05) is 0 Å². The van der Waals surface area contributed by atoms with Crippen LogP contribution in [0.25, 0.3) is 0 Å². The van der Waals surface area contributed by atoms with E-state index in [1.54, 1.807) is 0 Å². The first-order valence-electron chi connectivity index (χ1n) is 8.53. The molecule has 0 N–H and O–H groups in total. The van der Waals surface area contributed by atoms with Gasteiger partial charge in [0.2, 0.25) is 0 Å². The average molecular weight is 269 g/mol. The van der Waals surface area contributed by atoms with E-state index in [2.05, 4.69) is 55.4 Å². The van der Waals surface area contributed by atoms with Gasteiger partial charge in [0.15, 0.2) is 0 Å². The van der Waals surface area contributed by atoms with Gasteiger partial charge in [0.1, 0.15) is 0 Å². The molecule has 0 aliphatic rings. The van der Waals surface area contributed by atoms with E-state index in [0.29, 0.717) is 10.8 Å². The molecule has 0 aromatic carbocycles. The smallest absolute Gasteiger partial charge is 0.0380 e. The van der Waals surface area contributed by atoms with Crippen LogP contribution < -0.4 is 0 Å². The molecule has 2 atom stereocenters. The Kier molecular flexibility index (Phi) is 8.32. The third kappa shape index (κ3) is 12.8. The molecule has 0 saturated heterocycles. The van der Waals surface area contributed by atoms with E-state index in [0.717, 1.165) is 11.8 Å². The minimum atomic E-state index is 0.493. The summed E-state index contributed by atoms with van der Waals surface area (Å²) in [5, 5.41) is 0. The fourth-order valence-electron chi connectivity index (χ4n) is 3.14. The highest BCUT2D eigenvalue weighted by molar-refractivity contribution is 4.69. The molecule has 0 aromatic rings. The van der Waals surface area contributed by atoms with Crippen LogP contribution in [-0.4, -0.2) is 0 Å². The average Bonchev–Trinajstić information content (AvgIpc) is 2.18. The zero-order valence-corrected chi connectivity index (χ0v) is 15.1. The van der Waals surface area contributed by atoms with Gasteiger partial charge in [0.05, 0.1) is 0 Å². The number of rotatable bonds is 8. The van der Waals surface area contributed by atoms with Crippen LogP contribution in [0.2, 0.25) is 0 Å². The fourth-order valence-corrected chi connectivity index (χ4v) is 3.14. The maximum atomic E-state index is 2.44. The van der Waals surface area contributed by atoms with Crippen molar-refractivity contribution in [3.8, 4) is 0 Å². The molecule has 0 radical (unpaired) electrons. The highest BCUT2D eigenvalue weighted by Gasteiger charge is 2.17. The zero-order chi connectivity index (χ0) is 15.1. The first-order valence-corrected chi connectivity index (χ1v) is 8.53. The zero-order valence-electron chi connectivity index (χ0n) is 15.1. The van der Waals surface area contributed by atoms with Crippen molar-refractivity contribution in [1.29, 1.82) is 0 Å². The summed E-state index contributed by atoms with van der Waals surface area (Å²) in [5.41, 5.74) is 1.01. The van der Waals surface area contributed by atoms with Gasteiger partial charge in [-0.25, -0.2) is 0 Å². The van der Waals surface area contributed by atoms with Crippen LogP contribution in [0.1, 0.15) is 100 Å². The first kappa shape index (κ1) is 19.0. The van der Waals surface area contributed by atoms with Crippen molar-refractivity contribution < 1.29 is 0 Å². The Bertz CT molecular complexity index is 213. The molecule has 116 valence electrons. The molecule has 0 nitrogen and oxygen atoms in total. The minimum Gasteiger partial charge on any atom is -0.0651 e. The first-order chi connectivity index (χ1) is 8.53. The van der Waals surface area contributed by atoms with Gasteiger partial charge in [-0.05, 0) is 35.5 Å². The molecular weight excluding hydrogens is 228 g/mol.